The number of likely N-dealkylation sites (N-methyl/N-ethyl adjacent to an activating group) is 1. The van der Waals surface area contributed by atoms with Gasteiger partial charge in [0, 0.05) is 12.1 Å². The normalized spacial score (nSPS) is 12.2. The fourth-order valence-electron chi connectivity index (χ4n) is 2.13. The molecule has 1 atom stereocenters. The first-order valence-electron chi connectivity index (χ1n) is 6.39. The predicted octanol–water partition coefficient (Wildman–Crippen LogP) is 3.48. The van der Waals surface area contributed by atoms with Crippen LogP contribution in [0.4, 0.5) is 8.78 Å². The summed E-state index contributed by atoms with van der Waals surface area (Å²) >= 11 is 0. The van der Waals surface area contributed by atoms with E-state index in [4.69, 9.17) is 4.74 Å². The molecule has 0 bridgehead atoms. The molecule has 0 aromatic heterocycles. The van der Waals surface area contributed by atoms with Gasteiger partial charge >= 0.3 is 0 Å². The topological polar surface area (TPSA) is 21.3 Å². The lowest BCUT2D eigenvalue weighted by Crippen LogP contribution is -2.19. The number of benzene rings is 2. The van der Waals surface area contributed by atoms with Crippen LogP contribution in [0.25, 0.3) is 0 Å². The van der Waals surface area contributed by atoms with E-state index in [9.17, 15) is 8.78 Å². The SMILES string of the molecule is CNC(Cc1ccc(F)cc1F)c1ccc(OC)cc1. The van der Waals surface area contributed by atoms with E-state index in [2.05, 4.69) is 5.32 Å². The third-order valence-electron chi connectivity index (χ3n) is 3.31. The predicted molar refractivity (Wildman–Crippen MR) is 74.9 cm³/mol. The van der Waals surface area contributed by atoms with Gasteiger partial charge in [0.1, 0.15) is 17.4 Å². The molecule has 2 nitrogen and oxygen atoms in total. The molecule has 0 aliphatic heterocycles. The molecular weight excluding hydrogens is 260 g/mol. The average molecular weight is 277 g/mol. The Hall–Kier alpha value is -1.94. The second-order valence-corrected chi connectivity index (χ2v) is 4.55. The van der Waals surface area contributed by atoms with E-state index in [1.165, 1.54) is 12.1 Å². The second-order valence-electron chi connectivity index (χ2n) is 4.55. The van der Waals surface area contributed by atoms with Gasteiger partial charge < -0.3 is 10.1 Å². The Balaban J connectivity index is 2.19. The molecule has 0 saturated carbocycles. The van der Waals surface area contributed by atoms with Crippen LogP contribution in [0, 0.1) is 11.6 Å². The Kier molecular flexibility index (Phi) is 4.69. The van der Waals surface area contributed by atoms with Gasteiger partial charge in [0.05, 0.1) is 7.11 Å². The molecule has 0 amide bonds. The summed E-state index contributed by atoms with van der Waals surface area (Å²) in [5, 5.41) is 3.14. The summed E-state index contributed by atoms with van der Waals surface area (Å²) in [6.45, 7) is 0. The van der Waals surface area contributed by atoms with Crippen LogP contribution in [0.15, 0.2) is 42.5 Å². The van der Waals surface area contributed by atoms with Gasteiger partial charge in [0.2, 0.25) is 0 Å². The van der Waals surface area contributed by atoms with Crippen molar-refractivity contribution in [1.82, 2.24) is 5.32 Å². The Morgan fingerprint density at radius 3 is 2.35 bits per heavy atom. The lowest BCUT2D eigenvalue weighted by atomic mass is 9.98. The van der Waals surface area contributed by atoms with E-state index in [-0.39, 0.29) is 6.04 Å². The Labute approximate surface area is 117 Å². The highest BCUT2D eigenvalue weighted by molar-refractivity contribution is 5.30. The quantitative estimate of drug-likeness (QED) is 0.903. The minimum Gasteiger partial charge on any atom is -0.497 e. The molecule has 2 rings (SSSR count). The lowest BCUT2D eigenvalue weighted by molar-refractivity contribution is 0.414. The van der Waals surface area contributed by atoms with Crippen LogP contribution in [-0.2, 0) is 6.42 Å². The van der Waals surface area contributed by atoms with Gasteiger partial charge in [-0.25, -0.2) is 8.78 Å². The second kappa shape index (κ2) is 6.48. The third-order valence-corrected chi connectivity index (χ3v) is 3.31. The van der Waals surface area contributed by atoms with Crippen LogP contribution in [-0.4, -0.2) is 14.2 Å². The van der Waals surface area contributed by atoms with Crippen molar-refractivity contribution in [1.29, 1.82) is 0 Å². The highest BCUT2D eigenvalue weighted by Gasteiger charge is 2.13. The third kappa shape index (κ3) is 3.33. The maximum absolute atomic E-state index is 13.7. The van der Waals surface area contributed by atoms with Crippen LogP contribution in [0.2, 0.25) is 0 Å². The minimum absolute atomic E-state index is 0.0409. The first kappa shape index (κ1) is 14.5. The van der Waals surface area contributed by atoms with Crippen molar-refractivity contribution in [2.75, 3.05) is 14.2 Å². The van der Waals surface area contributed by atoms with Gasteiger partial charge in [0.15, 0.2) is 0 Å². The fraction of sp³-hybridized carbons (Fsp3) is 0.250. The van der Waals surface area contributed by atoms with E-state index in [0.29, 0.717) is 12.0 Å². The molecular formula is C16H17F2NO. The number of halogens is 2. The number of ether oxygens (including phenoxy) is 1. The summed E-state index contributed by atoms with van der Waals surface area (Å²) in [4.78, 5) is 0. The molecule has 2 aromatic rings. The highest BCUT2D eigenvalue weighted by atomic mass is 19.1. The standard InChI is InChI=1S/C16H17F2NO/c1-19-16(11-4-7-14(20-2)8-5-11)9-12-3-6-13(17)10-15(12)18/h3-8,10,16,19H,9H2,1-2H3. The van der Waals surface area contributed by atoms with Gasteiger partial charge in [-0.2, -0.15) is 0 Å². The first-order chi connectivity index (χ1) is 9.63. The number of methoxy groups -OCH3 is 1. The first-order valence-corrected chi connectivity index (χ1v) is 6.39. The molecule has 0 saturated heterocycles. The van der Waals surface area contributed by atoms with Crippen LogP contribution in [0.1, 0.15) is 17.2 Å². The zero-order valence-electron chi connectivity index (χ0n) is 11.5. The van der Waals surface area contributed by atoms with E-state index in [1.54, 1.807) is 7.11 Å². The average Bonchev–Trinajstić information content (AvgIpc) is 2.47. The van der Waals surface area contributed by atoms with Gasteiger partial charge in [0.25, 0.3) is 0 Å². The molecule has 0 aliphatic carbocycles. The number of rotatable bonds is 5. The summed E-state index contributed by atoms with van der Waals surface area (Å²) in [7, 11) is 3.43. The molecule has 0 fully saturated rings. The van der Waals surface area contributed by atoms with Crippen molar-refractivity contribution in [3.05, 3.63) is 65.2 Å². The molecule has 20 heavy (non-hydrogen) atoms. The van der Waals surface area contributed by atoms with Crippen LogP contribution < -0.4 is 10.1 Å². The maximum atomic E-state index is 13.7. The maximum Gasteiger partial charge on any atom is 0.129 e. The van der Waals surface area contributed by atoms with Gasteiger partial charge in [-0.3, -0.25) is 0 Å². The Bertz CT molecular complexity index is 569. The molecule has 0 heterocycles. The van der Waals surface area contributed by atoms with E-state index in [0.717, 1.165) is 17.4 Å². The molecule has 0 spiro atoms. The molecule has 0 aliphatic rings. The van der Waals surface area contributed by atoms with E-state index < -0.39 is 11.6 Å². The minimum atomic E-state index is -0.559. The molecule has 0 radical (unpaired) electrons. The van der Waals surface area contributed by atoms with Crippen molar-refractivity contribution in [3.8, 4) is 5.75 Å². The van der Waals surface area contributed by atoms with Crippen molar-refractivity contribution in [3.63, 3.8) is 0 Å². The van der Waals surface area contributed by atoms with E-state index >= 15 is 0 Å². The lowest BCUT2D eigenvalue weighted by Gasteiger charge is -2.17. The molecule has 4 heteroatoms. The zero-order valence-corrected chi connectivity index (χ0v) is 11.5. The van der Waals surface area contributed by atoms with Crippen molar-refractivity contribution < 1.29 is 13.5 Å². The zero-order chi connectivity index (χ0) is 14.5. The monoisotopic (exact) mass is 277 g/mol. The van der Waals surface area contributed by atoms with Gasteiger partial charge in [-0.1, -0.05) is 18.2 Å². The summed E-state index contributed by atoms with van der Waals surface area (Å²) in [6, 6.07) is 11.2. The molecule has 2 aromatic carbocycles. The molecule has 106 valence electrons. The van der Waals surface area contributed by atoms with Crippen molar-refractivity contribution in [2.24, 2.45) is 0 Å². The number of hydrogen-bond donors (Lipinski definition) is 1. The van der Waals surface area contributed by atoms with Crippen molar-refractivity contribution >= 4 is 0 Å². The summed E-state index contributed by atoms with van der Waals surface area (Å²) in [5.41, 5.74) is 1.51. The fourth-order valence-corrected chi connectivity index (χ4v) is 2.13. The van der Waals surface area contributed by atoms with Gasteiger partial charge in [-0.05, 0) is 42.8 Å². The summed E-state index contributed by atoms with van der Waals surface area (Å²) in [5.74, 6) is -0.299. The summed E-state index contributed by atoms with van der Waals surface area (Å²) < 4.78 is 31.7. The van der Waals surface area contributed by atoms with Gasteiger partial charge in [-0.15, -0.1) is 0 Å². The Morgan fingerprint density at radius 1 is 1.10 bits per heavy atom. The number of nitrogens with one attached hydrogen (secondary N) is 1. The van der Waals surface area contributed by atoms with E-state index in [1.807, 2.05) is 31.3 Å². The van der Waals surface area contributed by atoms with Crippen molar-refractivity contribution in [2.45, 2.75) is 12.5 Å². The highest BCUT2D eigenvalue weighted by Crippen LogP contribution is 2.22. The molecule has 1 N–H and O–H groups in total. The van der Waals surface area contributed by atoms with Crippen LogP contribution in [0.5, 0.6) is 5.75 Å². The largest absolute Gasteiger partial charge is 0.497 e. The van der Waals surface area contributed by atoms with Crippen LogP contribution >= 0.6 is 0 Å². The number of hydrogen-bond acceptors (Lipinski definition) is 2. The molecule has 1 unspecified atom stereocenters. The Morgan fingerprint density at radius 2 is 1.80 bits per heavy atom. The smallest absolute Gasteiger partial charge is 0.129 e. The van der Waals surface area contributed by atoms with Crippen LogP contribution in [0.3, 0.4) is 0 Å². The summed E-state index contributed by atoms with van der Waals surface area (Å²) in [6.07, 6.45) is 0.453.